The number of esters is 1. The average Bonchev–Trinajstić information content (AvgIpc) is 3.32. The van der Waals surface area contributed by atoms with Gasteiger partial charge >= 0.3 is 5.97 Å². The van der Waals surface area contributed by atoms with Crippen molar-refractivity contribution in [3.05, 3.63) is 47.6 Å². The van der Waals surface area contributed by atoms with Crippen LogP contribution in [0.15, 0.2) is 52.8 Å². The number of fused-ring (bicyclic) bond motifs is 3. The Morgan fingerprint density at radius 1 is 0.882 bits per heavy atom. The lowest BCUT2D eigenvalue weighted by Gasteiger charge is -2.42. The molecule has 1 amide bonds. The van der Waals surface area contributed by atoms with Gasteiger partial charge in [0.15, 0.2) is 6.61 Å². The molecular weight excluding hydrogens is 869 g/mol. The molecule has 3 aliphatic heterocycles. The van der Waals surface area contributed by atoms with Crippen molar-refractivity contribution in [1.82, 2.24) is 4.90 Å². The molecule has 0 unspecified atom stereocenters. The minimum Gasteiger partial charge on any atom is -0.461 e. The molecule has 1 saturated carbocycles. The fourth-order valence-corrected chi connectivity index (χ4v) is 10.6. The highest BCUT2D eigenvalue weighted by Gasteiger charge is 2.53. The Kier molecular flexibility index (Phi) is 23.1. The van der Waals surface area contributed by atoms with E-state index in [0.717, 1.165) is 18.4 Å². The third-order valence-electron chi connectivity index (χ3n) is 14.9. The number of allylic oxidation sites excluding steroid dienone is 6. The molecule has 1 aliphatic carbocycles. The summed E-state index contributed by atoms with van der Waals surface area (Å²) in [6, 6.07) is -1.02. The van der Waals surface area contributed by atoms with Crippen molar-refractivity contribution in [2.45, 2.75) is 186 Å². The molecule has 3 N–H and O–H groups in total. The lowest BCUT2D eigenvalue weighted by Crippen LogP contribution is -2.61. The second-order valence-electron chi connectivity index (χ2n) is 20.3. The number of hydrogen-bond donors (Lipinski definition) is 3. The molecule has 3 heterocycles. The molecular formula is C54H84N2O12. The van der Waals surface area contributed by atoms with Gasteiger partial charge in [-0.25, -0.2) is 4.79 Å². The predicted molar refractivity (Wildman–Crippen MR) is 262 cm³/mol. The lowest BCUT2D eigenvalue weighted by molar-refractivity contribution is -0.265. The van der Waals surface area contributed by atoms with E-state index in [-0.39, 0.29) is 48.8 Å². The molecule has 4 rings (SSSR count). The van der Waals surface area contributed by atoms with Crippen LogP contribution in [0, 0.1) is 47.9 Å². The van der Waals surface area contributed by atoms with Crippen molar-refractivity contribution >= 4 is 23.4 Å². The standard InChI is InChI=1S/C54H84N2O12/c1-12-28-66-55-48-38(6)29-34(2)18-14-13-15-19-36(4)46(63-9)33-42-24-22-40(8)54(62,68-42)51(59)52(60)56-27-17-16-20-43(56)53(61)67-45(26-21-35(3)30-39(7)49(58)50(48)65-11)37(5)31-41-23-25-44(57)47(32-41)64-10/h1,13-15,18-19,30,34-35,37-38,40-47,49-50,57-58,62H,16-17,20-29,31-33H2,2-11H3/b15-13+,18-14+,36-19+,39-30+,55-48?/t34-,35+,37-,38-,40-,41+,42+,43+,44-,45+,46+,47-,49-,50+,54-/m1/s1. The number of nitrogens with zero attached hydrogens (tertiary/aromatic N) is 2. The Morgan fingerprint density at radius 2 is 1.63 bits per heavy atom. The number of aliphatic hydroxyl groups excluding tert-OH is 2. The first-order chi connectivity index (χ1) is 32.4. The summed E-state index contributed by atoms with van der Waals surface area (Å²) < 4.78 is 30.1. The maximum atomic E-state index is 14.5. The zero-order valence-corrected chi connectivity index (χ0v) is 42.6. The number of cyclic esters (lactones) is 1. The van der Waals surface area contributed by atoms with Crippen LogP contribution in [-0.4, -0.2) is 133 Å². The van der Waals surface area contributed by atoms with E-state index < -0.39 is 72.0 Å². The Balaban J connectivity index is 1.72. The number of oxime groups is 1. The van der Waals surface area contributed by atoms with Gasteiger partial charge in [-0.1, -0.05) is 82.2 Å². The van der Waals surface area contributed by atoms with Gasteiger partial charge in [0.2, 0.25) is 5.79 Å². The van der Waals surface area contributed by atoms with Gasteiger partial charge in [0.05, 0.1) is 30.1 Å². The number of aliphatic hydroxyl groups is 3. The van der Waals surface area contributed by atoms with Gasteiger partial charge < -0.3 is 48.7 Å². The minimum absolute atomic E-state index is 0.0339. The number of Topliss-reactive ketones (excluding diaryl/α,β-unsaturated/α-hetero) is 1. The molecule has 14 heteroatoms. The molecule has 14 nitrogen and oxygen atoms in total. The molecule has 68 heavy (non-hydrogen) atoms. The van der Waals surface area contributed by atoms with Gasteiger partial charge in [-0.15, -0.1) is 6.42 Å². The minimum atomic E-state index is -2.38. The van der Waals surface area contributed by atoms with Crippen LogP contribution in [0.2, 0.25) is 0 Å². The van der Waals surface area contributed by atoms with Gasteiger partial charge in [-0.3, -0.25) is 9.59 Å². The van der Waals surface area contributed by atoms with Crippen LogP contribution >= 0.6 is 0 Å². The van der Waals surface area contributed by atoms with Crippen LogP contribution in [0.5, 0.6) is 0 Å². The molecule has 4 aliphatic rings. The van der Waals surface area contributed by atoms with Gasteiger partial charge in [-0.2, -0.15) is 0 Å². The van der Waals surface area contributed by atoms with E-state index in [9.17, 15) is 29.7 Å². The normalized spacial score (nSPS) is 39.5. The highest BCUT2D eigenvalue weighted by molar-refractivity contribution is 6.39. The van der Waals surface area contributed by atoms with Gasteiger partial charge in [0, 0.05) is 46.1 Å². The van der Waals surface area contributed by atoms with Gasteiger partial charge in [0.25, 0.3) is 11.7 Å². The SMILES string of the molecule is C#CCON=C1[C@H](C)C[C@H](C)/C=C/C=C/C=C(\C)[C@@H](OC)C[C@@H]2CC[C@@H](C)[C@@](O)(O2)C(=O)C(=O)N2CCCC[C@H]2C(=O)O[C@H]([C@H](C)C[C@@H]2CC[C@@H](O)[C@H](OC)C2)CC[C@H](C)/C=C(\C)[C@@H](O)[C@H]1OC. The summed E-state index contributed by atoms with van der Waals surface area (Å²) in [5.74, 6) is -3.19. The van der Waals surface area contributed by atoms with Crippen molar-refractivity contribution in [3.8, 4) is 12.3 Å². The quantitative estimate of drug-likeness (QED) is 0.0547. The molecule has 0 radical (unpaired) electrons. The average molecular weight is 953 g/mol. The number of ether oxygens (including phenoxy) is 5. The highest BCUT2D eigenvalue weighted by Crippen LogP contribution is 2.38. The van der Waals surface area contributed by atoms with Crippen LogP contribution in [0.4, 0.5) is 0 Å². The first-order valence-electron chi connectivity index (χ1n) is 25.1. The van der Waals surface area contributed by atoms with E-state index >= 15 is 0 Å². The topological polar surface area (TPSA) is 183 Å². The van der Waals surface area contributed by atoms with Crippen molar-refractivity contribution in [3.63, 3.8) is 0 Å². The van der Waals surface area contributed by atoms with Crippen LogP contribution in [-0.2, 0) is 42.9 Å². The molecule has 0 aromatic rings. The summed E-state index contributed by atoms with van der Waals surface area (Å²) in [5.41, 5.74) is 2.13. The molecule has 3 fully saturated rings. The van der Waals surface area contributed by atoms with Crippen molar-refractivity contribution in [1.29, 1.82) is 0 Å². The first-order valence-corrected chi connectivity index (χ1v) is 25.1. The Morgan fingerprint density at radius 3 is 2.32 bits per heavy atom. The summed E-state index contributed by atoms with van der Waals surface area (Å²) in [6.45, 7) is 13.9. The summed E-state index contributed by atoms with van der Waals surface area (Å²) in [6.07, 6.45) is 20.7. The molecule has 0 spiro atoms. The number of piperidine rings is 1. The van der Waals surface area contributed by atoms with Crippen molar-refractivity contribution in [2.75, 3.05) is 34.5 Å². The van der Waals surface area contributed by atoms with Gasteiger partial charge in [-0.05, 0) is 126 Å². The van der Waals surface area contributed by atoms with E-state index in [4.69, 9.17) is 34.9 Å². The number of hydrogen-bond acceptors (Lipinski definition) is 13. The largest absolute Gasteiger partial charge is 0.461 e. The third-order valence-corrected chi connectivity index (χ3v) is 14.9. The number of carbonyl (C=O) groups excluding carboxylic acids is 3. The molecule has 2 bridgehead atoms. The second-order valence-corrected chi connectivity index (χ2v) is 20.3. The van der Waals surface area contributed by atoms with Crippen LogP contribution in [0.1, 0.15) is 132 Å². The maximum Gasteiger partial charge on any atom is 0.329 e. The number of terminal acetylenes is 1. The predicted octanol–water partition coefficient (Wildman–Crippen LogP) is 7.44. The van der Waals surface area contributed by atoms with Crippen molar-refractivity contribution in [2.24, 2.45) is 40.7 Å². The van der Waals surface area contributed by atoms with Gasteiger partial charge in [0.1, 0.15) is 24.4 Å². The molecule has 0 aromatic heterocycles. The molecule has 2 saturated heterocycles. The zero-order valence-electron chi connectivity index (χ0n) is 42.6. The number of rotatable bonds is 8. The fraction of sp³-hybridized carbons (Fsp3) is 0.741. The lowest BCUT2D eigenvalue weighted by atomic mass is 9.78. The maximum absolute atomic E-state index is 14.5. The van der Waals surface area contributed by atoms with E-state index in [2.05, 4.69) is 31.0 Å². The van der Waals surface area contributed by atoms with E-state index in [0.29, 0.717) is 81.9 Å². The fourth-order valence-electron chi connectivity index (χ4n) is 10.6. The van der Waals surface area contributed by atoms with Crippen LogP contribution in [0.3, 0.4) is 0 Å². The number of ketones is 1. The van der Waals surface area contributed by atoms with E-state index in [1.165, 1.54) is 12.0 Å². The smallest absolute Gasteiger partial charge is 0.329 e. The summed E-state index contributed by atoms with van der Waals surface area (Å²) in [7, 11) is 4.75. The number of methoxy groups -OCH3 is 3. The summed E-state index contributed by atoms with van der Waals surface area (Å²) in [4.78, 5) is 49.8. The molecule has 15 atom stereocenters. The molecule has 0 aromatic carbocycles. The van der Waals surface area contributed by atoms with Crippen LogP contribution < -0.4 is 0 Å². The Labute approximate surface area is 406 Å². The Bertz CT molecular complexity index is 1840. The second kappa shape index (κ2) is 27.6. The highest BCUT2D eigenvalue weighted by atomic mass is 16.6. The van der Waals surface area contributed by atoms with E-state index in [1.807, 2.05) is 58.1 Å². The monoisotopic (exact) mass is 953 g/mol. The molecule has 382 valence electrons. The summed E-state index contributed by atoms with van der Waals surface area (Å²) in [5, 5.41) is 38.8. The van der Waals surface area contributed by atoms with Crippen molar-refractivity contribution < 1.29 is 58.2 Å². The third kappa shape index (κ3) is 15.7. The zero-order chi connectivity index (χ0) is 50.1. The van der Waals surface area contributed by atoms with Crippen LogP contribution in [0.25, 0.3) is 0 Å². The van der Waals surface area contributed by atoms with E-state index in [1.54, 1.807) is 21.1 Å². The number of amides is 1. The Hall–Kier alpha value is -3.68. The summed E-state index contributed by atoms with van der Waals surface area (Å²) >= 11 is 0. The first kappa shape index (κ1) is 56.9. The number of carbonyl (C=O) groups is 3.